The van der Waals surface area contributed by atoms with Crippen LogP contribution in [0.5, 0.6) is 0 Å². The number of rotatable bonds is 3. The lowest BCUT2D eigenvalue weighted by Crippen LogP contribution is -2.03. The molecule has 3 rings (SSSR count). The molecule has 0 aliphatic rings. The predicted molar refractivity (Wildman–Crippen MR) is 70.0 cm³/mol. The van der Waals surface area contributed by atoms with Crippen molar-refractivity contribution in [1.82, 2.24) is 15.0 Å². The van der Waals surface area contributed by atoms with Crippen LogP contribution in [-0.2, 0) is 6.54 Å². The fourth-order valence-corrected chi connectivity index (χ4v) is 1.96. The normalized spacial score (nSPS) is 10.7. The zero-order valence-electron chi connectivity index (χ0n) is 10.0. The number of aromatic carboxylic acids is 1. The third-order valence-corrected chi connectivity index (χ3v) is 2.95. The van der Waals surface area contributed by atoms with Crippen LogP contribution in [0.4, 0.5) is 0 Å². The van der Waals surface area contributed by atoms with Gasteiger partial charge in [0.25, 0.3) is 0 Å². The second kappa shape index (κ2) is 4.53. The molecule has 19 heavy (non-hydrogen) atoms. The summed E-state index contributed by atoms with van der Waals surface area (Å²) >= 11 is 0. The quantitative estimate of drug-likeness (QED) is 0.776. The minimum atomic E-state index is -0.919. The van der Waals surface area contributed by atoms with Crippen molar-refractivity contribution in [3.8, 4) is 0 Å². The van der Waals surface area contributed by atoms with Gasteiger partial charge in [0, 0.05) is 0 Å². The van der Waals surface area contributed by atoms with Gasteiger partial charge in [0.05, 0.1) is 17.6 Å². The fourth-order valence-electron chi connectivity index (χ4n) is 1.96. The standard InChI is InChI=1S/C14H11N3O2/c18-14(19)11-7-5-10(6-8-11)9-17-13-4-2-1-3-12(13)15-16-17/h1-8H,9H2,(H,18,19). The minimum Gasteiger partial charge on any atom is -0.478 e. The Morgan fingerprint density at radius 1 is 1.11 bits per heavy atom. The van der Waals surface area contributed by atoms with Gasteiger partial charge in [-0.2, -0.15) is 0 Å². The van der Waals surface area contributed by atoms with E-state index < -0.39 is 5.97 Å². The Labute approximate surface area is 109 Å². The topological polar surface area (TPSA) is 68.0 Å². The smallest absolute Gasteiger partial charge is 0.335 e. The first-order chi connectivity index (χ1) is 9.24. The van der Waals surface area contributed by atoms with Crippen molar-refractivity contribution in [2.45, 2.75) is 6.54 Å². The number of benzene rings is 2. The maximum atomic E-state index is 10.8. The molecule has 0 atom stereocenters. The van der Waals surface area contributed by atoms with Gasteiger partial charge in [-0.05, 0) is 29.8 Å². The molecule has 0 amide bonds. The average Bonchev–Trinajstić information content (AvgIpc) is 2.83. The van der Waals surface area contributed by atoms with Crippen molar-refractivity contribution in [3.05, 3.63) is 59.7 Å². The van der Waals surface area contributed by atoms with Gasteiger partial charge >= 0.3 is 5.97 Å². The van der Waals surface area contributed by atoms with E-state index in [9.17, 15) is 4.79 Å². The van der Waals surface area contributed by atoms with Crippen molar-refractivity contribution < 1.29 is 9.90 Å². The van der Waals surface area contributed by atoms with Gasteiger partial charge in [-0.25, -0.2) is 9.48 Å². The Balaban J connectivity index is 1.90. The second-order valence-corrected chi connectivity index (χ2v) is 4.24. The van der Waals surface area contributed by atoms with E-state index in [1.807, 2.05) is 24.3 Å². The largest absolute Gasteiger partial charge is 0.478 e. The summed E-state index contributed by atoms with van der Waals surface area (Å²) in [6.07, 6.45) is 0. The number of para-hydroxylation sites is 1. The molecule has 0 bridgehead atoms. The number of hydrogen-bond donors (Lipinski definition) is 1. The van der Waals surface area contributed by atoms with Crippen molar-refractivity contribution in [2.24, 2.45) is 0 Å². The number of fused-ring (bicyclic) bond motifs is 1. The highest BCUT2D eigenvalue weighted by molar-refractivity contribution is 5.87. The third kappa shape index (κ3) is 2.18. The molecule has 94 valence electrons. The van der Waals surface area contributed by atoms with Crippen LogP contribution in [0.25, 0.3) is 11.0 Å². The van der Waals surface area contributed by atoms with Crippen LogP contribution in [0.1, 0.15) is 15.9 Å². The van der Waals surface area contributed by atoms with Crippen LogP contribution in [0, 0.1) is 0 Å². The third-order valence-electron chi connectivity index (χ3n) is 2.95. The van der Waals surface area contributed by atoms with Crippen LogP contribution < -0.4 is 0 Å². The fraction of sp³-hybridized carbons (Fsp3) is 0.0714. The summed E-state index contributed by atoms with van der Waals surface area (Å²) in [4.78, 5) is 10.8. The molecule has 0 fully saturated rings. The van der Waals surface area contributed by atoms with E-state index in [1.165, 1.54) is 0 Å². The van der Waals surface area contributed by atoms with Crippen LogP contribution in [0.3, 0.4) is 0 Å². The van der Waals surface area contributed by atoms with Gasteiger partial charge in [0.1, 0.15) is 5.52 Å². The van der Waals surface area contributed by atoms with E-state index in [0.717, 1.165) is 16.6 Å². The molecule has 0 aliphatic heterocycles. The molecule has 1 aromatic heterocycles. The summed E-state index contributed by atoms with van der Waals surface area (Å²) in [6, 6.07) is 14.5. The number of carbonyl (C=O) groups is 1. The molecule has 2 aromatic carbocycles. The van der Waals surface area contributed by atoms with Crippen LogP contribution >= 0.6 is 0 Å². The van der Waals surface area contributed by atoms with Gasteiger partial charge in [-0.15, -0.1) is 5.10 Å². The molecule has 0 radical (unpaired) electrons. The molecule has 1 N–H and O–H groups in total. The van der Waals surface area contributed by atoms with E-state index in [-0.39, 0.29) is 5.56 Å². The van der Waals surface area contributed by atoms with Gasteiger partial charge in [0.2, 0.25) is 0 Å². The van der Waals surface area contributed by atoms with Gasteiger partial charge in [0.15, 0.2) is 0 Å². The Hall–Kier alpha value is -2.69. The van der Waals surface area contributed by atoms with Crippen LogP contribution in [0.2, 0.25) is 0 Å². The highest BCUT2D eigenvalue weighted by Crippen LogP contribution is 2.12. The highest BCUT2D eigenvalue weighted by Gasteiger charge is 2.05. The summed E-state index contributed by atoms with van der Waals surface area (Å²) in [7, 11) is 0. The average molecular weight is 253 g/mol. The molecule has 0 aliphatic carbocycles. The molecular formula is C14H11N3O2. The summed E-state index contributed by atoms with van der Waals surface area (Å²) in [5, 5.41) is 17.0. The first-order valence-electron chi connectivity index (χ1n) is 5.84. The maximum absolute atomic E-state index is 10.8. The first kappa shape index (κ1) is 11.4. The van der Waals surface area contributed by atoms with E-state index in [1.54, 1.807) is 28.9 Å². The lowest BCUT2D eigenvalue weighted by Gasteiger charge is -2.03. The molecule has 0 unspecified atom stereocenters. The molecule has 0 spiro atoms. The highest BCUT2D eigenvalue weighted by atomic mass is 16.4. The van der Waals surface area contributed by atoms with Gasteiger partial charge in [-0.3, -0.25) is 0 Å². The summed E-state index contributed by atoms with van der Waals surface area (Å²) in [6.45, 7) is 0.570. The van der Waals surface area contributed by atoms with Crippen molar-refractivity contribution in [1.29, 1.82) is 0 Å². The molecule has 5 heteroatoms. The number of aromatic nitrogens is 3. The Morgan fingerprint density at radius 3 is 2.58 bits per heavy atom. The van der Waals surface area contributed by atoms with E-state index in [0.29, 0.717) is 6.54 Å². The van der Waals surface area contributed by atoms with E-state index in [4.69, 9.17) is 5.11 Å². The Morgan fingerprint density at radius 2 is 1.84 bits per heavy atom. The molecule has 5 nitrogen and oxygen atoms in total. The number of carboxylic acids is 1. The number of hydrogen-bond acceptors (Lipinski definition) is 3. The van der Waals surface area contributed by atoms with E-state index >= 15 is 0 Å². The van der Waals surface area contributed by atoms with Crippen molar-refractivity contribution in [3.63, 3.8) is 0 Å². The summed E-state index contributed by atoms with van der Waals surface area (Å²) in [5.74, 6) is -0.919. The summed E-state index contributed by atoms with van der Waals surface area (Å²) < 4.78 is 1.80. The van der Waals surface area contributed by atoms with Gasteiger partial charge in [-0.1, -0.05) is 29.5 Å². The SMILES string of the molecule is O=C(O)c1ccc(Cn2nnc3ccccc32)cc1. The molecule has 0 saturated carbocycles. The van der Waals surface area contributed by atoms with Crippen molar-refractivity contribution >= 4 is 17.0 Å². The molecule has 3 aromatic rings. The lowest BCUT2D eigenvalue weighted by atomic mass is 10.1. The monoisotopic (exact) mass is 253 g/mol. The number of carboxylic acid groups (broad SMARTS) is 1. The predicted octanol–water partition coefficient (Wildman–Crippen LogP) is 2.18. The zero-order valence-corrected chi connectivity index (χ0v) is 10.0. The van der Waals surface area contributed by atoms with Crippen LogP contribution in [0.15, 0.2) is 48.5 Å². The zero-order chi connectivity index (χ0) is 13.2. The first-order valence-corrected chi connectivity index (χ1v) is 5.84. The molecule has 1 heterocycles. The lowest BCUT2D eigenvalue weighted by molar-refractivity contribution is 0.0697. The molecule has 0 saturated heterocycles. The Bertz CT molecular complexity index is 732. The van der Waals surface area contributed by atoms with Crippen LogP contribution in [-0.4, -0.2) is 26.1 Å². The van der Waals surface area contributed by atoms with E-state index in [2.05, 4.69) is 10.3 Å². The second-order valence-electron chi connectivity index (χ2n) is 4.24. The van der Waals surface area contributed by atoms with Gasteiger partial charge < -0.3 is 5.11 Å². The minimum absolute atomic E-state index is 0.284. The number of nitrogens with zero attached hydrogens (tertiary/aromatic N) is 3. The Kier molecular flexibility index (Phi) is 2.72. The van der Waals surface area contributed by atoms with Crippen molar-refractivity contribution in [2.75, 3.05) is 0 Å². The molecular weight excluding hydrogens is 242 g/mol. The maximum Gasteiger partial charge on any atom is 0.335 e. The summed E-state index contributed by atoms with van der Waals surface area (Å²) in [5.41, 5.74) is 3.09.